The highest BCUT2D eigenvalue weighted by atomic mass is 35.5. The highest BCUT2D eigenvalue weighted by Gasteiger charge is 2.36. The Morgan fingerprint density at radius 1 is 1.10 bits per heavy atom. The minimum Gasteiger partial charge on any atom is -0.455 e. The van der Waals surface area contributed by atoms with Gasteiger partial charge in [0.25, 0.3) is 11.8 Å². The van der Waals surface area contributed by atoms with E-state index in [0.717, 1.165) is 11.3 Å². The minimum absolute atomic E-state index is 0.0160. The largest absolute Gasteiger partial charge is 0.455 e. The fourth-order valence-corrected chi connectivity index (χ4v) is 3.18. The van der Waals surface area contributed by atoms with Crippen LogP contribution in [-0.4, -0.2) is 36.8 Å². The molecule has 1 saturated heterocycles. The van der Waals surface area contributed by atoms with Gasteiger partial charge in [-0.1, -0.05) is 29.8 Å². The molecule has 2 aromatic rings. The third-order valence-corrected chi connectivity index (χ3v) is 4.88. The average Bonchev–Trinajstić information content (AvgIpc) is 3.12. The van der Waals surface area contributed by atoms with E-state index in [-0.39, 0.29) is 18.9 Å². The summed E-state index contributed by atoms with van der Waals surface area (Å²) in [5.41, 5.74) is 6.36. The van der Waals surface area contributed by atoms with E-state index in [9.17, 15) is 19.2 Å². The normalized spacial score (nSPS) is 15.6. The van der Waals surface area contributed by atoms with Gasteiger partial charge in [0.2, 0.25) is 5.91 Å². The van der Waals surface area contributed by atoms with Crippen molar-refractivity contribution in [1.29, 1.82) is 0 Å². The van der Waals surface area contributed by atoms with Crippen molar-refractivity contribution in [3.05, 3.63) is 64.7 Å². The Bertz CT molecular complexity index is 977. The molecule has 2 N–H and O–H groups in total. The summed E-state index contributed by atoms with van der Waals surface area (Å²) in [4.78, 5) is 49.9. The number of aryl methyl sites for hydroxylation is 1. The summed E-state index contributed by atoms with van der Waals surface area (Å²) < 4.78 is 5.01. The molecular formula is C21H20ClN3O5. The van der Waals surface area contributed by atoms with E-state index in [1.807, 2.05) is 31.2 Å². The van der Waals surface area contributed by atoms with Crippen molar-refractivity contribution in [2.24, 2.45) is 5.92 Å². The number of nitrogens with zero attached hydrogens (tertiary/aromatic N) is 1. The summed E-state index contributed by atoms with van der Waals surface area (Å²) in [6, 6.07) is 13.5. The van der Waals surface area contributed by atoms with Gasteiger partial charge in [-0.15, -0.1) is 0 Å². The molecule has 0 aromatic heterocycles. The van der Waals surface area contributed by atoms with Crippen molar-refractivity contribution in [2.75, 3.05) is 18.1 Å². The van der Waals surface area contributed by atoms with Gasteiger partial charge in [0.15, 0.2) is 6.61 Å². The number of halogens is 1. The Morgan fingerprint density at radius 3 is 2.50 bits per heavy atom. The van der Waals surface area contributed by atoms with Crippen LogP contribution in [-0.2, 0) is 19.1 Å². The van der Waals surface area contributed by atoms with Crippen LogP contribution in [0.4, 0.5) is 5.69 Å². The molecule has 3 rings (SSSR count). The van der Waals surface area contributed by atoms with E-state index in [0.29, 0.717) is 10.6 Å². The van der Waals surface area contributed by atoms with Crippen LogP contribution in [0.25, 0.3) is 0 Å². The smallest absolute Gasteiger partial charge is 0.311 e. The first-order valence-electron chi connectivity index (χ1n) is 9.22. The molecule has 1 atom stereocenters. The lowest BCUT2D eigenvalue weighted by Gasteiger charge is -2.18. The fourth-order valence-electron chi connectivity index (χ4n) is 3.06. The molecule has 1 aliphatic heterocycles. The second kappa shape index (κ2) is 9.41. The number of rotatable bonds is 5. The lowest BCUT2D eigenvalue weighted by molar-refractivity contribution is -0.152. The van der Waals surface area contributed by atoms with Crippen molar-refractivity contribution >= 4 is 41.0 Å². The zero-order valence-corrected chi connectivity index (χ0v) is 16.9. The number of carbonyl (C=O) groups excluding carboxylic acids is 4. The van der Waals surface area contributed by atoms with Gasteiger partial charge in [-0.05, 0) is 42.8 Å². The number of nitrogens with one attached hydrogen (secondary N) is 2. The fraction of sp³-hybridized carbons (Fsp3) is 0.238. The van der Waals surface area contributed by atoms with Gasteiger partial charge in [-0.3, -0.25) is 30.0 Å². The molecule has 1 aliphatic rings. The standard InChI is InChI=1S/C21H20ClN3O5/c1-13-4-2-3-5-17(13)25-11-15(10-19(25)27)21(29)30-12-18(26)23-24-20(28)14-6-8-16(22)9-7-14/h2-9,15H,10-12H2,1H3,(H,23,26)(H,24,28)/t15-/m1/s1. The Balaban J connectivity index is 1.45. The lowest BCUT2D eigenvalue weighted by atomic mass is 10.1. The van der Waals surface area contributed by atoms with Crippen LogP contribution in [0.5, 0.6) is 0 Å². The Kier molecular flexibility index (Phi) is 6.68. The van der Waals surface area contributed by atoms with Gasteiger partial charge in [-0.25, -0.2) is 0 Å². The van der Waals surface area contributed by atoms with Crippen LogP contribution in [0.2, 0.25) is 5.02 Å². The number of esters is 1. The van der Waals surface area contributed by atoms with Crippen molar-refractivity contribution in [3.8, 4) is 0 Å². The molecule has 0 saturated carbocycles. The topological polar surface area (TPSA) is 105 Å². The molecule has 0 bridgehead atoms. The van der Waals surface area contributed by atoms with Gasteiger partial charge in [0.1, 0.15) is 0 Å². The van der Waals surface area contributed by atoms with Gasteiger partial charge in [0.05, 0.1) is 5.92 Å². The maximum absolute atomic E-state index is 12.3. The number of benzene rings is 2. The van der Waals surface area contributed by atoms with E-state index < -0.39 is 30.3 Å². The molecule has 0 radical (unpaired) electrons. The second-order valence-electron chi connectivity index (χ2n) is 6.81. The van der Waals surface area contributed by atoms with Crippen LogP contribution >= 0.6 is 11.6 Å². The minimum atomic E-state index is -0.703. The predicted octanol–water partition coefficient (Wildman–Crippen LogP) is 2.01. The molecule has 3 amide bonds. The number of carbonyl (C=O) groups is 4. The Hall–Kier alpha value is -3.39. The number of ether oxygens (including phenoxy) is 1. The molecule has 1 heterocycles. The maximum atomic E-state index is 12.3. The van der Waals surface area contributed by atoms with E-state index in [1.165, 1.54) is 12.1 Å². The average molecular weight is 430 g/mol. The number of para-hydroxylation sites is 1. The van der Waals surface area contributed by atoms with Crippen LogP contribution in [0, 0.1) is 12.8 Å². The van der Waals surface area contributed by atoms with Crippen LogP contribution in [0.3, 0.4) is 0 Å². The van der Waals surface area contributed by atoms with Crippen LogP contribution in [0.15, 0.2) is 48.5 Å². The Labute approximate surface area is 178 Å². The van der Waals surface area contributed by atoms with Crippen LogP contribution < -0.4 is 15.8 Å². The first kappa shape index (κ1) is 21.3. The SMILES string of the molecule is Cc1ccccc1N1C[C@H](C(=O)OCC(=O)NNC(=O)c2ccc(Cl)cc2)CC1=O. The highest BCUT2D eigenvalue weighted by Crippen LogP contribution is 2.28. The molecule has 0 unspecified atom stereocenters. The van der Waals surface area contributed by atoms with Crippen LogP contribution in [0.1, 0.15) is 22.3 Å². The molecule has 156 valence electrons. The van der Waals surface area contributed by atoms with Crippen molar-refractivity contribution in [2.45, 2.75) is 13.3 Å². The first-order valence-corrected chi connectivity index (χ1v) is 9.60. The van der Waals surface area contributed by atoms with E-state index in [1.54, 1.807) is 17.0 Å². The van der Waals surface area contributed by atoms with Gasteiger partial charge in [0, 0.05) is 29.2 Å². The molecule has 30 heavy (non-hydrogen) atoms. The number of anilines is 1. The summed E-state index contributed by atoms with van der Waals surface area (Å²) in [7, 11) is 0. The second-order valence-corrected chi connectivity index (χ2v) is 7.25. The van der Waals surface area contributed by atoms with E-state index in [2.05, 4.69) is 10.9 Å². The zero-order chi connectivity index (χ0) is 21.7. The van der Waals surface area contributed by atoms with Gasteiger partial charge in [-0.2, -0.15) is 0 Å². The monoisotopic (exact) mass is 429 g/mol. The number of amides is 3. The summed E-state index contributed by atoms with van der Waals surface area (Å²) >= 11 is 5.76. The molecule has 8 nitrogen and oxygen atoms in total. The van der Waals surface area contributed by atoms with E-state index in [4.69, 9.17) is 16.3 Å². The zero-order valence-electron chi connectivity index (χ0n) is 16.2. The number of hydrazine groups is 1. The summed E-state index contributed by atoms with van der Waals surface area (Å²) in [5.74, 6) is -2.72. The van der Waals surface area contributed by atoms with Crippen molar-refractivity contribution < 1.29 is 23.9 Å². The molecule has 2 aromatic carbocycles. The molecule has 9 heteroatoms. The van der Waals surface area contributed by atoms with E-state index >= 15 is 0 Å². The quantitative estimate of drug-likeness (QED) is 0.558. The third kappa shape index (κ3) is 5.15. The van der Waals surface area contributed by atoms with Gasteiger partial charge >= 0.3 is 5.97 Å². The summed E-state index contributed by atoms with van der Waals surface area (Å²) in [6.07, 6.45) is 0.0160. The molecule has 1 fully saturated rings. The molecular weight excluding hydrogens is 410 g/mol. The van der Waals surface area contributed by atoms with Crippen molar-refractivity contribution in [3.63, 3.8) is 0 Å². The summed E-state index contributed by atoms with van der Waals surface area (Å²) in [6.45, 7) is 1.50. The maximum Gasteiger partial charge on any atom is 0.311 e. The summed E-state index contributed by atoms with van der Waals surface area (Å²) in [5, 5.41) is 0.480. The predicted molar refractivity (Wildman–Crippen MR) is 110 cm³/mol. The highest BCUT2D eigenvalue weighted by molar-refractivity contribution is 6.30. The lowest BCUT2D eigenvalue weighted by Crippen LogP contribution is -2.43. The molecule has 0 aliphatic carbocycles. The number of hydrogen-bond donors (Lipinski definition) is 2. The first-order chi connectivity index (χ1) is 14.3. The Morgan fingerprint density at radius 2 is 1.80 bits per heavy atom. The molecule has 0 spiro atoms. The number of hydrogen-bond acceptors (Lipinski definition) is 5. The third-order valence-electron chi connectivity index (χ3n) is 4.63. The van der Waals surface area contributed by atoms with Gasteiger partial charge < -0.3 is 9.64 Å². The van der Waals surface area contributed by atoms with Crippen molar-refractivity contribution in [1.82, 2.24) is 10.9 Å².